The number of anilines is 1. The monoisotopic (exact) mass is 269 g/mol. The van der Waals surface area contributed by atoms with Crippen LogP contribution in [0.25, 0.3) is 11.2 Å². The van der Waals surface area contributed by atoms with Crippen molar-refractivity contribution in [3.05, 3.63) is 11.5 Å². The second-order valence-corrected chi connectivity index (χ2v) is 4.58. The van der Waals surface area contributed by atoms with E-state index in [1.807, 2.05) is 4.57 Å². The Labute approximate surface area is 108 Å². The number of fused-ring (bicyclic) bond motifs is 1. The minimum Gasteiger partial charge on any atom is -0.394 e. The highest BCUT2D eigenvalue weighted by molar-refractivity contribution is 6.33. The standard InChI is InChI=1S/C10H12ClN5O2/c11-8-7-9(15-10(12)14-8)16(4-13-7)5-1-6(2-17)18-3-5/h4-6,17H,1-3H2,(H2,12,14,15)/t5?,6-/m1/s1. The molecular weight excluding hydrogens is 258 g/mol. The van der Waals surface area contributed by atoms with Gasteiger partial charge in [-0.3, -0.25) is 0 Å². The molecule has 2 aromatic rings. The predicted molar refractivity (Wildman–Crippen MR) is 65.2 cm³/mol. The lowest BCUT2D eigenvalue weighted by Gasteiger charge is -2.10. The summed E-state index contributed by atoms with van der Waals surface area (Å²) < 4.78 is 7.31. The van der Waals surface area contributed by atoms with Gasteiger partial charge in [-0.15, -0.1) is 0 Å². The van der Waals surface area contributed by atoms with E-state index < -0.39 is 0 Å². The molecule has 0 aliphatic carbocycles. The molecule has 0 amide bonds. The van der Waals surface area contributed by atoms with Crippen molar-refractivity contribution in [2.75, 3.05) is 18.9 Å². The minimum atomic E-state index is -0.137. The van der Waals surface area contributed by atoms with Crippen LogP contribution in [0, 0.1) is 0 Å². The highest BCUT2D eigenvalue weighted by atomic mass is 35.5. The lowest BCUT2D eigenvalue weighted by molar-refractivity contribution is 0.0576. The molecule has 3 rings (SSSR count). The first-order chi connectivity index (χ1) is 8.69. The van der Waals surface area contributed by atoms with E-state index >= 15 is 0 Å². The van der Waals surface area contributed by atoms with E-state index in [0.717, 1.165) is 0 Å². The lowest BCUT2D eigenvalue weighted by Crippen LogP contribution is -2.11. The number of hydrogen-bond acceptors (Lipinski definition) is 6. The third-order valence-electron chi connectivity index (χ3n) is 3.05. The van der Waals surface area contributed by atoms with Crippen molar-refractivity contribution in [3.63, 3.8) is 0 Å². The van der Waals surface area contributed by atoms with Crippen LogP contribution in [-0.4, -0.2) is 43.9 Å². The third-order valence-corrected chi connectivity index (χ3v) is 3.32. The molecule has 1 saturated heterocycles. The molecule has 0 aromatic carbocycles. The van der Waals surface area contributed by atoms with Crippen molar-refractivity contribution >= 4 is 28.7 Å². The van der Waals surface area contributed by atoms with Crippen LogP contribution in [0.2, 0.25) is 5.15 Å². The molecule has 1 aliphatic heterocycles. The second kappa shape index (κ2) is 4.34. The highest BCUT2D eigenvalue weighted by Crippen LogP contribution is 2.28. The van der Waals surface area contributed by atoms with Crippen LogP contribution in [-0.2, 0) is 4.74 Å². The second-order valence-electron chi connectivity index (χ2n) is 4.22. The van der Waals surface area contributed by atoms with Gasteiger partial charge in [-0.1, -0.05) is 11.6 Å². The van der Waals surface area contributed by atoms with Crippen LogP contribution in [0.3, 0.4) is 0 Å². The van der Waals surface area contributed by atoms with Crippen LogP contribution >= 0.6 is 11.6 Å². The summed E-state index contributed by atoms with van der Waals surface area (Å²) in [7, 11) is 0. The van der Waals surface area contributed by atoms with Crippen molar-refractivity contribution in [2.45, 2.75) is 18.6 Å². The number of aliphatic hydroxyl groups excluding tert-OH is 1. The number of ether oxygens (including phenoxy) is 1. The topological polar surface area (TPSA) is 99.1 Å². The van der Waals surface area contributed by atoms with E-state index in [1.165, 1.54) is 0 Å². The molecule has 96 valence electrons. The first-order valence-corrected chi connectivity index (χ1v) is 5.95. The zero-order valence-corrected chi connectivity index (χ0v) is 10.2. The lowest BCUT2D eigenvalue weighted by atomic mass is 10.2. The average Bonchev–Trinajstić information content (AvgIpc) is 2.93. The molecule has 3 heterocycles. The molecular formula is C10H12ClN5O2. The average molecular weight is 270 g/mol. The molecule has 1 unspecified atom stereocenters. The predicted octanol–water partition coefficient (Wildman–Crippen LogP) is 0.384. The van der Waals surface area contributed by atoms with Gasteiger partial charge in [-0.25, -0.2) is 4.98 Å². The molecule has 18 heavy (non-hydrogen) atoms. The Hall–Kier alpha value is -1.44. The normalized spacial score (nSPS) is 23.9. The molecule has 1 fully saturated rings. The summed E-state index contributed by atoms with van der Waals surface area (Å²) in [6.07, 6.45) is 2.23. The van der Waals surface area contributed by atoms with Gasteiger partial charge in [0.25, 0.3) is 0 Å². The van der Waals surface area contributed by atoms with Crippen molar-refractivity contribution < 1.29 is 9.84 Å². The largest absolute Gasteiger partial charge is 0.394 e. The highest BCUT2D eigenvalue weighted by Gasteiger charge is 2.28. The molecule has 1 aliphatic rings. The van der Waals surface area contributed by atoms with Gasteiger partial charge in [0.1, 0.15) is 5.52 Å². The fourth-order valence-corrected chi connectivity index (χ4v) is 2.39. The fraction of sp³-hybridized carbons (Fsp3) is 0.500. The Balaban J connectivity index is 2.03. The number of nitrogen functional groups attached to an aromatic ring is 1. The quantitative estimate of drug-likeness (QED) is 0.765. The number of imidazole rings is 1. The van der Waals surface area contributed by atoms with E-state index in [2.05, 4.69) is 15.0 Å². The minimum absolute atomic E-state index is 0.0149. The smallest absolute Gasteiger partial charge is 0.223 e. The SMILES string of the molecule is Nc1nc(Cl)c2ncn(C3CO[C@@H](CO)C3)c2n1. The van der Waals surface area contributed by atoms with E-state index in [-0.39, 0.29) is 29.9 Å². The summed E-state index contributed by atoms with van der Waals surface area (Å²) in [6.45, 7) is 0.527. The summed E-state index contributed by atoms with van der Waals surface area (Å²) in [5.74, 6) is 0.117. The Morgan fingerprint density at radius 3 is 3.11 bits per heavy atom. The van der Waals surface area contributed by atoms with Gasteiger partial charge >= 0.3 is 0 Å². The Kier molecular flexibility index (Phi) is 2.81. The van der Waals surface area contributed by atoms with Crippen molar-refractivity contribution in [2.24, 2.45) is 0 Å². The van der Waals surface area contributed by atoms with Crippen LogP contribution in [0.5, 0.6) is 0 Å². The molecule has 0 saturated carbocycles. The molecule has 0 bridgehead atoms. The number of rotatable bonds is 2. The van der Waals surface area contributed by atoms with Crippen LogP contribution in [0.4, 0.5) is 5.95 Å². The molecule has 3 N–H and O–H groups in total. The Morgan fingerprint density at radius 1 is 1.56 bits per heavy atom. The molecule has 7 nitrogen and oxygen atoms in total. The molecule has 2 atom stereocenters. The maximum Gasteiger partial charge on any atom is 0.223 e. The van der Waals surface area contributed by atoms with Gasteiger partial charge in [0, 0.05) is 0 Å². The van der Waals surface area contributed by atoms with Crippen molar-refractivity contribution in [1.82, 2.24) is 19.5 Å². The maximum atomic E-state index is 9.07. The number of nitrogens with zero attached hydrogens (tertiary/aromatic N) is 4. The van der Waals surface area contributed by atoms with Gasteiger partial charge in [0.15, 0.2) is 10.8 Å². The van der Waals surface area contributed by atoms with Crippen molar-refractivity contribution in [1.29, 1.82) is 0 Å². The van der Waals surface area contributed by atoms with E-state index in [1.54, 1.807) is 6.33 Å². The maximum absolute atomic E-state index is 9.07. The molecule has 0 radical (unpaired) electrons. The summed E-state index contributed by atoms with van der Waals surface area (Å²) >= 11 is 5.96. The molecule has 2 aromatic heterocycles. The summed E-state index contributed by atoms with van der Waals surface area (Å²) in [6, 6.07) is 0.0810. The van der Waals surface area contributed by atoms with E-state index in [9.17, 15) is 0 Å². The summed E-state index contributed by atoms with van der Waals surface area (Å²) in [5.41, 5.74) is 6.71. The fourth-order valence-electron chi connectivity index (χ4n) is 2.17. The third kappa shape index (κ3) is 1.80. The zero-order chi connectivity index (χ0) is 12.7. The van der Waals surface area contributed by atoms with Gasteiger partial charge < -0.3 is 20.1 Å². The molecule has 8 heteroatoms. The number of hydrogen-bond donors (Lipinski definition) is 2. The van der Waals surface area contributed by atoms with E-state index in [4.69, 9.17) is 27.2 Å². The van der Waals surface area contributed by atoms with E-state index in [0.29, 0.717) is 24.2 Å². The summed E-state index contributed by atoms with van der Waals surface area (Å²) in [4.78, 5) is 12.2. The van der Waals surface area contributed by atoms with Gasteiger partial charge in [-0.2, -0.15) is 9.97 Å². The molecule has 0 spiro atoms. The van der Waals surface area contributed by atoms with Gasteiger partial charge in [-0.05, 0) is 6.42 Å². The van der Waals surface area contributed by atoms with Gasteiger partial charge in [0.05, 0.1) is 31.7 Å². The first-order valence-electron chi connectivity index (χ1n) is 5.57. The number of halogens is 1. The number of aliphatic hydroxyl groups is 1. The number of nitrogens with two attached hydrogens (primary N) is 1. The van der Waals surface area contributed by atoms with Crippen LogP contribution in [0.15, 0.2) is 6.33 Å². The number of aromatic nitrogens is 4. The van der Waals surface area contributed by atoms with Crippen molar-refractivity contribution in [3.8, 4) is 0 Å². The summed E-state index contributed by atoms with van der Waals surface area (Å²) in [5, 5.41) is 9.31. The van der Waals surface area contributed by atoms with Gasteiger partial charge in [0.2, 0.25) is 5.95 Å². The Bertz CT molecular complexity index is 587. The van der Waals surface area contributed by atoms with Crippen LogP contribution in [0.1, 0.15) is 12.5 Å². The first kappa shape index (κ1) is 11.6. The Morgan fingerprint density at radius 2 is 2.39 bits per heavy atom. The van der Waals surface area contributed by atoms with Crippen LogP contribution < -0.4 is 5.73 Å². The zero-order valence-electron chi connectivity index (χ0n) is 9.45.